The largest absolute Gasteiger partial charge is 0.465 e. The molecule has 8 heteroatoms. The number of fused-ring (bicyclic) bond motifs is 1. The van der Waals surface area contributed by atoms with Crippen molar-refractivity contribution < 1.29 is 19.1 Å². The predicted molar refractivity (Wildman–Crippen MR) is 104 cm³/mol. The highest BCUT2D eigenvalue weighted by atomic mass is 32.1. The van der Waals surface area contributed by atoms with Crippen molar-refractivity contribution in [2.24, 2.45) is 0 Å². The number of methoxy groups -OCH3 is 1. The number of Topliss-reactive ketones (excluding diaryl/α,β-unsaturated/α-hetero) is 1. The quantitative estimate of drug-likeness (QED) is 0.518. The topological polar surface area (TPSA) is 101 Å². The number of esters is 1. The average molecular weight is 385 g/mol. The summed E-state index contributed by atoms with van der Waals surface area (Å²) in [6.07, 6.45) is -0.104. The minimum atomic E-state index is -0.588. The fraction of sp³-hybridized carbons (Fsp3) is 0.263. The number of anilines is 1. The summed E-state index contributed by atoms with van der Waals surface area (Å²) in [5.41, 5.74) is 3.27. The summed E-state index contributed by atoms with van der Waals surface area (Å²) in [5.74, 6) is -1.15. The lowest BCUT2D eigenvalue weighted by atomic mass is 10.1. The molecule has 27 heavy (non-hydrogen) atoms. The Balaban J connectivity index is 1.85. The third kappa shape index (κ3) is 3.75. The number of hydrogen-bond acceptors (Lipinski definition) is 6. The molecule has 0 radical (unpaired) electrons. The van der Waals surface area contributed by atoms with Gasteiger partial charge in [0.1, 0.15) is 0 Å². The van der Waals surface area contributed by atoms with Crippen LogP contribution in [0, 0.1) is 13.8 Å². The van der Waals surface area contributed by atoms with E-state index in [2.05, 4.69) is 15.3 Å². The van der Waals surface area contributed by atoms with E-state index in [1.165, 1.54) is 25.4 Å². The number of aryl methyl sites for hydroxylation is 1. The van der Waals surface area contributed by atoms with Crippen LogP contribution >= 0.6 is 11.3 Å². The molecule has 2 N–H and O–H groups in total. The summed E-state index contributed by atoms with van der Waals surface area (Å²) in [7, 11) is 1.26. The highest BCUT2D eigenvalue weighted by molar-refractivity contribution is 7.22. The van der Waals surface area contributed by atoms with Crippen molar-refractivity contribution in [3.05, 3.63) is 46.3 Å². The summed E-state index contributed by atoms with van der Waals surface area (Å²) >= 11 is 1.38. The molecule has 0 saturated carbocycles. The molecule has 0 aliphatic carbocycles. The van der Waals surface area contributed by atoms with E-state index in [0.29, 0.717) is 22.1 Å². The second kappa shape index (κ2) is 7.32. The van der Waals surface area contributed by atoms with Crippen molar-refractivity contribution in [1.29, 1.82) is 0 Å². The Morgan fingerprint density at radius 2 is 2.00 bits per heavy atom. The molecular weight excluding hydrogens is 366 g/mol. The van der Waals surface area contributed by atoms with Crippen LogP contribution in [0.15, 0.2) is 18.2 Å². The van der Waals surface area contributed by atoms with Gasteiger partial charge in [-0.25, -0.2) is 9.78 Å². The molecule has 3 aromatic rings. The zero-order valence-electron chi connectivity index (χ0n) is 15.4. The van der Waals surface area contributed by atoms with Gasteiger partial charge in [-0.3, -0.25) is 9.59 Å². The number of H-pyrrole nitrogens is 1. The molecule has 7 nitrogen and oxygen atoms in total. The molecule has 0 bridgehead atoms. The summed E-state index contributed by atoms with van der Waals surface area (Å²) in [6, 6.07) is 5.87. The van der Waals surface area contributed by atoms with Crippen LogP contribution in [0.25, 0.3) is 10.2 Å². The van der Waals surface area contributed by atoms with E-state index in [9.17, 15) is 14.4 Å². The van der Waals surface area contributed by atoms with Gasteiger partial charge in [0.2, 0.25) is 5.91 Å². The molecule has 3 rings (SSSR count). The van der Waals surface area contributed by atoms with Gasteiger partial charge in [0.25, 0.3) is 0 Å². The zero-order valence-corrected chi connectivity index (χ0v) is 16.2. The number of ketones is 1. The highest BCUT2D eigenvalue weighted by Gasteiger charge is 2.24. The van der Waals surface area contributed by atoms with Gasteiger partial charge in [-0.1, -0.05) is 17.4 Å². The molecule has 0 atom stereocenters. The average Bonchev–Trinajstić information content (AvgIpc) is 3.13. The third-order valence-corrected chi connectivity index (χ3v) is 5.13. The van der Waals surface area contributed by atoms with Gasteiger partial charge in [-0.15, -0.1) is 0 Å². The Morgan fingerprint density at radius 1 is 1.26 bits per heavy atom. The van der Waals surface area contributed by atoms with Crippen LogP contribution in [0.3, 0.4) is 0 Å². The molecule has 2 aromatic heterocycles. The molecule has 0 fully saturated rings. The van der Waals surface area contributed by atoms with Crippen molar-refractivity contribution >= 4 is 44.3 Å². The molecule has 1 aromatic carbocycles. The predicted octanol–water partition coefficient (Wildman–Crippen LogP) is 3.41. The number of nitrogens with zero attached hydrogens (tertiary/aromatic N) is 1. The van der Waals surface area contributed by atoms with Gasteiger partial charge in [-0.2, -0.15) is 0 Å². The maximum absolute atomic E-state index is 12.5. The van der Waals surface area contributed by atoms with Crippen molar-refractivity contribution in [2.45, 2.75) is 27.2 Å². The maximum Gasteiger partial charge on any atom is 0.339 e. The Hall–Kier alpha value is -3.00. The summed E-state index contributed by atoms with van der Waals surface area (Å²) in [4.78, 5) is 43.6. The number of rotatable bonds is 5. The van der Waals surface area contributed by atoms with Gasteiger partial charge in [0.15, 0.2) is 10.9 Å². The maximum atomic E-state index is 12.5. The number of aromatic nitrogens is 2. The Labute approximate surface area is 159 Å². The molecule has 140 valence electrons. The fourth-order valence-corrected chi connectivity index (χ4v) is 3.91. The Morgan fingerprint density at radius 3 is 2.67 bits per heavy atom. The smallest absolute Gasteiger partial charge is 0.339 e. The van der Waals surface area contributed by atoms with Gasteiger partial charge >= 0.3 is 5.97 Å². The number of nitrogens with one attached hydrogen (secondary N) is 2. The summed E-state index contributed by atoms with van der Waals surface area (Å²) in [6.45, 7) is 5.04. The lowest BCUT2D eigenvalue weighted by Gasteiger charge is -2.04. The van der Waals surface area contributed by atoms with Crippen LogP contribution in [0.4, 0.5) is 5.13 Å². The second-order valence-electron chi connectivity index (χ2n) is 6.24. The Kier molecular flexibility index (Phi) is 5.09. The number of hydrogen-bond donors (Lipinski definition) is 2. The van der Waals surface area contributed by atoms with Gasteiger partial charge < -0.3 is 15.0 Å². The van der Waals surface area contributed by atoms with E-state index in [1.807, 2.05) is 25.1 Å². The van der Waals surface area contributed by atoms with Crippen LogP contribution in [-0.4, -0.2) is 34.7 Å². The van der Waals surface area contributed by atoms with Crippen LogP contribution in [-0.2, 0) is 16.0 Å². The minimum Gasteiger partial charge on any atom is -0.465 e. The molecule has 1 amide bonds. The highest BCUT2D eigenvalue weighted by Crippen LogP contribution is 2.27. The molecule has 2 heterocycles. The Bertz CT molecular complexity index is 1060. The first-order valence-electron chi connectivity index (χ1n) is 8.28. The van der Waals surface area contributed by atoms with E-state index in [4.69, 9.17) is 4.74 Å². The number of amides is 1. The third-order valence-electron chi connectivity index (χ3n) is 4.20. The van der Waals surface area contributed by atoms with E-state index in [1.54, 1.807) is 6.92 Å². The molecule has 0 aliphatic heterocycles. The SMILES string of the molecule is COC(=O)c1c(CC(=O)Nc2nc3ccc(C)cc3s2)[nH]c(C(C)=O)c1C. The van der Waals surface area contributed by atoms with Crippen molar-refractivity contribution in [3.8, 4) is 0 Å². The second-order valence-corrected chi connectivity index (χ2v) is 7.27. The first-order chi connectivity index (χ1) is 12.8. The summed E-state index contributed by atoms with van der Waals surface area (Å²) in [5, 5.41) is 3.23. The van der Waals surface area contributed by atoms with Crippen LogP contribution in [0.5, 0.6) is 0 Å². The van der Waals surface area contributed by atoms with Gasteiger partial charge in [-0.05, 0) is 37.1 Å². The first kappa shape index (κ1) is 18.8. The number of benzene rings is 1. The van der Waals surface area contributed by atoms with Crippen LogP contribution in [0.1, 0.15) is 44.6 Å². The fourth-order valence-electron chi connectivity index (χ4n) is 2.93. The van der Waals surface area contributed by atoms with Crippen molar-refractivity contribution in [3.63, 3.8) is 0 Å². The number of carbonyl (C=O) groups excluding carboxylic acids is 3. The van der Waals surface area contributed by atoms with E-state index < -0.39 is 5.97 Å². The lowest BCUT2D eigenvalue weighted by Crippen LogP contribution is -2.17. The number of aromatic amines is 1. The molecule has 0 unspecified atom stereocenters. The normalized spacial score (nSPS) is 10.8. The first-order valence-corrected chi connectivity index (χ1v) is 9.09. The molecule has 0 spiro atoms. The van der Waals surface area contributed by atoms with Gasteiger partial charge in [0.05, 0.1) is 35.0 Å². The van der Waals surface area contributed by atoms with E-state index >= 15 is 0 Å². The van der Waals surface area contributed by atoms with E-state index in [0.717, 1.165) is 15.8 Å². The van der Waals surface area contributed by atoms with Crippen LogP contribution in [0.2, 0.25) is 0 Å². The van der Waals surface area contributed by atoms with Gasteiger partial charge in [0, 0.05) is 12.6 Å². The van der Waals surface area contributed by atoms with Crippen molar-refractivity contribution in [2.75, 3.05) is 12.4 Å². The van der Waals surface area contributed by atoms with E-state index in [-0.39, 0.29) is 23.7 Å². The standard InChI is InChI=1S/C19H19N3O4S/c1-9-5-6-12-14(7-9)27-19(21-12)22-15(24)8-13-16(18(25)26-4)10(2)17(20-13)11(3)23/h5-7,20H,8H2,1-4H3,(H,21,22,24). The van der Waals surface area contributed by atoms with Crippen molar-refractivity contribution in [1.82, 2.24) is 9.97 Å². The molecule has 0 aliphatic rings. The minimum absolute atomic E-state index is 0.104. The monoisotopic (exact) mass is 385 g/mol. The zero-order chi connectivity index (χ0) is 19.7. The molecular formula is C19H19N3O4S. The lowest BCUT2D eigenvalue weighted by molar-refractivity contribution is -0.115. The number of carbonyl (C=O) groups is 3. The summed E-state index contributed by atoms with van der Waals surface area (Å²) < 4.78 is 5.77. The number of thiazole rings is 1. The number of ether oxygens (including phenoxy) is 1. The van der Waals surface area contributed by atoms with Crippen LogP contribution < -0.4 is 5.32 Å². The molecule has 0 saturated heterocycles.